The van der Waals surface area contributed by atoms with E-state index in [2.05, 4.69) is 10.6 Å². The maximum Gasteiger partial charge on any atom is 0.328 e. The molecule has 22 heavy (non-hydrogen) atoms. The second-order valence-electron chi connectivity index (χ2n) is 5.26. The molecule has 0 atom stereocenters. The number of carbonyl (C=O) groups is 2. The second kappa shape index (κ2) is 7.79. The van der Waals surface area contributed by atoms with Gasteiger partial charge in [0.05, 0.1) is 4.90 Å². The standard InChI is InChI=1S/C14H21N3O4S/c1-10(2)8-16-14(19)17-22(20,21)13-6-4-12(5-7-13)9-15-11(3)18/h4-7,10H,8-9H2,1-3H3,(H,15,18)(H2,16,17,19). The summed E-state index contributed by atoms with van der Waals surface area (Å²) < 4.78 is 26.0. The first-order valence-corrected chi connectivity index (χ1v) is 8.33. The van der Waals surface area contributed by atoms with Gasteiger partial charge in [-0.3, -0.25) is 4.79 Å². The minimum atomic E-state index is -3.90. The summed E-state index contributed by atoms with van der Waals surface area (Å²) in [6.07, 6.45) is 0. The highest BCUT2D eigenvalue weighted by Gasteiger charge is 2.17. The summed E-state index contributed by atoms with van der Waals surface area (Å²) in [4.78, 5) is 22.3. The van der Waals surface area contributed by atoms with Crippen molar-refractivity contribution >= 4 is 22.0 Å². The highest BCUT2D eigenvalue weighted by molar-refractivity contribution is 7.90. The highest BCUT2D eigenvalue weighted by atomic mass is 32.2. The van der Waals surface area contributed by atoms with Crippen molar-refractivity contribution in [2.24, 2.45) is 5.92 Å². The van der Waals surface area contributed by atoms with Crippen LogP contribution in [0.25, 0.3) is 0 Å². The smallest absolute Gasteiger partial charge is 0.328 e. The molecule has 3 N–H and O–H groups in total. The van der Waals surface area contributed by atoms with Crippen molar-refractivity contribution < 1.29 is 18.0 Å². The lowest BCUT2D eigenvalue weighted by Gasteiger charge is -2.10. The Labute approximate surface area is 130 Å². The zero-order chi connectivity index (χ0) is 16.8. The van der Waals surface area contributed by atoms with Crippen LogP contribution in [0.4, 0.5) is 4.79 Å². The zero-order valence-corrected chi connectivity index (χ0v) is 13.7. The normalized spacial score (nSPS) is 11.1. The summed E-state index contributed by atoms with van der Waals surface area (Å²) in [5, 5.41) is 5.09. The van der Waals surface area contributed by atoms with Crippen LogP contribution in [0.2, 0.25) is 0 Å². The third-order valence-corrected chi connectivity index (χ3v) is 4.02. The molecule has 0 unspecified atom stereocenters. The molecular weight excluding hydrogens is 306 g/mol. The summed E-state index contributed by atoms with van der Waals surface area (Å²) in [5.74, 6) is 0.0571. The Kier molecular flexibility index (Phi) is 6.36. The van der Waals surface area contributed by atoms with Gasteiger partial charge in [0.25, 0.3) is 10.0 Å². The Morgan fingerprint density at radius 2 is 1.68 bits per heavy atom. The molecule has 1 aromatic carbocycles. The minimum Gasteiger partial charge on any atom is -0.352 e. The van der Waals surface area contributed by atoms with Crippen molar-refractivity contribution in [1.82, 2.24) is 15.4 Å². The van der Waals surface area contributed by atoms with E-state index < -0.39 is 16.1 Å². The topological polar surface area (TPSA) is 104 Å². The molecule has 0 saturated carbocycles. The molecule has 0 radical (unpaired) electrons. The summed E-state index contributed by atoms with van der Waals surface area (Å²) in [6, 6.07) is 5.17. The summed E-state index contributed by atoms with van der Waals surface area (Å²) in [7, 11) is -3.90. The average Bonchev–Trinajstić information content (AvgIpc) is 2.43. The first-order valence-electron chi connectivity index (χ1n) is 6.84. The fourth-order valence-corrected chi connectivity index (χ4v) is 2.46. The molecule has 0 fully saturated rings. The first-order chi connectivity index (χ1) is 10.2. The molecular formula is C14H21N3O4S. The van der Waals surface area contributed by atoms with Gasteiger partial charge in [-0.25, -0.2) is 17.9 Å². The fourth-order valence-electron chi connectivity index (χ4n) is 1.53. The highest BCUT2D eigenvalue weighted by Crippen LogP contribution is 2.10. The summed E-state index contributed by atoms with van der Waals surface area (Å²) in [5.41, 5.74) is 0.762. The number of benzene rings is 1. The molecule has 0 aliphatic carbocycles. The van der Waals surface area contributed by atoms with Gasteiger partial charge in [0.2, 0.25) is 5.91 Å². The molecule has 0 aliphatic rings. The van der Waals surface area contributed by atoms with Gasteiger partial charge in [-0.2, -0.15) is 0 Å². The van der Waals surface area contributed by atoms with Crippen molar-refractivity contribution in [2.45, 2.75) is 32.2 Å². The first kappa shape index (κ1) is 18.0. The van der Waals surface area contributed by atoms with Gasteiger partial charge >= 0.3 is 6.03 Å². The third-order valence-electron chi connectivity index (χ3n) is 2.67. The van der Waals surface area contributed by atoms with E-state index in [4.69, 9.17) is 0 Å². The molecule has 8 heteroatoms. The largest absolute Gasteiger partial charge is 0.352 e. The molecule has 7 nitrogen and oxygen atoms in total. The van der Waals surface area contributed by atoms with Crippen LogP contribution in [0.1, 0.15) is 26.3 Å². The summed E-state index contributed by atoms with van der Waals surface area (Å²) in [6.45, 7) is 5.92. The van der Waals surface area contributed by atoms with Crippen LogP contribution >= 0.6 is 0 Å². The van der Waals surface area contributed by atoms with Gasteiger partial charge in [-0.1, -0.05) is 26.0 Å². The number of sulfonamides is 1. The number of hydrogen-bond donors (Lipinski definition) is 3. The van der Waals surface area contributed by atoms with Gasteiger partial charge in [0.15, 0.2) is 0 Å². The quantitative estimate of drug-likeness (QED) is 0.724. The van der Waals surface area contributed by atoms with Gasteiger partial charge in [0, 0.05) is 20.0 Å². The molecule has 0 aromatic heterocycles. The van der Waals surface area contributed by atoms with Gasteiger partial charge < -0.3 is 10.6 Å². The van der Waals surface area contributed by atoms with Crippen LogP contribution in [0, 0.1) is 5.92 Å². The van der Waals surface area contributed by atoms with E-state index in [0.717, 1.165) is 5.56 Å². The Balaban J connectivity index is 2.68. The van der Waals surface area contributed by atoms with E-state index in [-0.39, 0.29) is 16.7 Å². The number of rotatable bonds is 6. The third kappa shape index (κ3) is 6.13. The van der Waals surface area contributed by atoms with E-state index in [1.165, 1.54) is 19.1 Å². The SMILES string of the molecule is CC(=O)NCc1ccc(S(=O)(=O)NC(=O)NCC(C)C)cc1. The molecule has 1 aromatic rings. The molecule has 0 aliphatic heterocycles. The molecule has 0 heterocycles. The number of amides is 3. The van der Waals surface area contributed by atoms with E-state index in [1.54, 1.807) is 12.1 Å². The number of carbonyl (C=O) groups excluding carboxylic acids is 2. The molecule has 0 saturated heterocycles. The van der Waals surface area contributed by atoms with Gasteiger partial charge in [0.1, 0.15) is 0 Å². The van der Waals surface area contributed by atoms with E-state index >= 15 is 0 Å². The second-order valence-corrected chi connectivity index (χ2v) is 6.95. The number of nitrogens with one attached hydrogen (secondary N) is 3. The van der Waals surface area contributed by atoms with Gasteiger partial charge in [-0.05, 0) is 23.6 Å². The van der Waals surface area contributed by atoms with Crippen LogP contribution in [-0.4, -0.2) is 26.9 Å². The lowest BCUT2D eigenvalue weighted by molar-refractivity contribution is -0.119. The Morgan fingerprint density at radius 1 is 1.09 bits per heavy atom. The lowest BCUT2D eigenvalue weighted by atomic mass is 10.2. The predicted octanol–water partition coefficient (Wildman–Crippen LogP) is 0.967. The van der Waals surface area contributed by atoms with Crippen molar-refractivity contribution in [3.8, 4) is 0 Å². The Bertz CT molecular complexity index is 624. The summed E-state index contributed by atoms with van der Waals surface area (Å²) >= 11 is 0. The average molecular weight is 327 g/mol. The van der Waals surface area contributed by atoms with Crippen molar-refractivity contribution in [2.75, 3.05) is 6.54 Å². The number of urea groups is 1. The van der Waals surface area contributed by atoms with E-state index in [9.17, 15) is 18.0 Å². The van der Waals surface area contributed by atoms with E-state index in [0.29, 0.717) is 13.1 Å². The van der Waals surface area contributed by atoms with Crippen LogP contribution < -0.4 is 15.4 Å². The van der Waals surface area contributed by atoms with Crippen LogP contribution in [0.3, 0.4) is 0 Å². The van der Waals surface area contributed by atoms with Crippen LogP contribution in [0.5, 0.6) is 0 Å². The van der Waals surface area contributed by atoms with Crippen molar-refractivity contribution in [3.05, 3.63) is 29.8 Å². The molecule has 0 bridgehead atoms. The van der Waals surface area contributed by atoms with Crippen LogP contribution in [0.15, 0.2) is 29.2 Å². The monoisotopic (exact) mass is 327 g/mol. The number of hydrogen-bond acceptors (Lipinski definition) is 4. The maximum atomic E-state index is 12.0. The Morgan fingerprint density at radius 3 is 2.18 bits per heavy atom. The van der Waals surface area contributed by atoms with E-state index in [1.807, 2.05) is 18.6 Å². The Hall–Kier alpha value is -2.09. The molecule has 3 amide bonds. The lowest BCUT2D eigenvalue weighted by Crippen LogP contribution is -2.40. The minimum absolute atomic E-state index is 0.0150. The molecule has 0 spiro atoms. The van der Waals surface area contributed by atoms with Crippen molar-refractivity contribution in [1.29, 1.82) is 0 Å². The van der Waals surface area contributed by atoms with Crippen molar-refractivity contribution in [3.63, 3.8) is 0 Å². The molecule has 122 valence electrons. The van der Waals surface area contributed by atoms with Gasteiger partial charge in [-0.15, -0.1) is 0 Å². The van der Waals surface area contributed by atoms with Crippen LogP contribution in [-0.2, 0) is 21.4 Å². The molecule has 1 rings (SSSR count). The maximum absolute atomic E-state index is 12.0. The fraction of sp³-hybridized carbons (Fsp3) is 0.429. The zero-order valence-electron chi connectivity index (χ0n) is 12.8. The predicted molar refractivity (Wildman–Crippen MR) is 82.5 cm³/mol.